The van der Waals surface area contributed by atoms with Crippen LogP contribution in [-0.2, 0) is 19.0 Å². The largest absolute Gasteiger partial charge is 0.455 e. The predicted octanol–water partition coefficient (Wildman–Crippen LogP) is 0.903. The van der Waals surface area contributed by atoms with Gasteiger partial charge in [0.05, 0.1) is 19.8 Å². The van der Waals surface area contributed by atoms with Crippen molar-refractivity contribution >= 4 is 6.47 Å². The fourth-order valence-corrected chi connectivity index (χ4v) is 0.711. The van der Waals surface area contributed by atoms with E-state index in [1.165, 1.54) is 6.47 Å². The molecule has 0 aromatic carbocycles. The van der Waals surface area contributed by atoms with Crippen LogP contribution in [0.25, 0.3) is 0 Å². The van der Waals surface area contributed by atoms with E-state index in [9.17, 15) is 4.79 Å². The first kappa shape index (κ1) is 12.4. The van der Waals surface area contributed by atoms with Gasteiger partial charge in [0, 0.05) is 6.61 Å². The van der Waals surface area contributed by atoms with Crippen LogP contribution in [0, 0.1) is 0 Å². The molecular formula is C9H17O4. The molecule has 4 nitrogen and oxygen atoms in total. The maximum absolute atomic E-state index is 9.58. The molecule has 0 atom stereocenters. The average molecular weight is 189 g/mol. The monoisotopic (exact) mass is 189 g/mol. The van der Waals surface area contributed by atoms with Crippen LogP contribution in [0.4, 0.5) is 0 Å². The normalized spacial score (nSPS) is 9.92. The van der Waals surface area contributed by atoms with Crippen molar-refractivity contribution in [2.24, 2.45) is 0 Å². The summed E-state index contributed by atoms with van der Waals surface area (Å²) in [5.74, 6) is 0. The number of rotatable bonds is 10. The average Bonchev–Trinajstić information content (AvgIpc) is 2.16. The molecule has 0 rings (SSSR count). The SMILES string of the molecule is CCCCOCCOCCO[C]=O. The topological polar surface area (TPSA) is 44.8 Å². The van der Waals surface area contributed by atoms with Crippen LogP contribution in [-0.4, -0.2) is 39.5 Å². The van der Waals surface area contributed by atoms with Crippen LogP contribution >= 0.6 is 0 Å². The van der Waals surface area contributed by atoms with Gasteiger partial charge in [0.15, 0.2) is 0 Å². The maximum atomic E-state index is 9.58. The van der Waals surface area contributed by atoms with Gasteiger partial charge in [-0.2, -0.15) is 0 Å². The third-order valence-electron chi connectivity index (χ3n) is 1.40. The first-order valence-corrected chi connectivity index (χ1v) is 4.56. The highest BCUT2D eigenvalue weighted by molar-refractivity contribution is 5.37. The highest BCUT2D eigenvalue weighted by Crippen LogP contribution is 1.87. The van der Waals surface area contributed by atoms with Gasteiger partial charge in [0.1, 0.15) is 6.61 Å². The van der Waals surface area contributed by atoms with Crippen LogP contribution in [0.3, 0.4) is 0 Å². The summed E-state index contributed by atoms with van der Waals surface area (Å²) in [6, 6.07) is 0. The third-order valence-corrected chi connectivity index (χ3v) is 1.40. The van der Waals surface area contributed by atoms with E-state index >= 15 is 0 Å². The minimum absolute atomic E-state index is 0.262. The van der Waals surface area contributed by atoms with Gasteiger partial charge in [-0.25, -0.2) is 4.79 Å². The van der Waals surface area contributed by atoms with E-state index in [1.807, 2.05) is 0 Å². The van der Waals surface area contributed by atoms with Gasteiger partial charge in [-0.15, -0.1) is 0 Å². The standard InChI is InChI=1S/C9H17O4/c1-2-3-4-11-5-6-12-7-8-13-9-10/h2-8H2,1H3. The highest BCUT2D eigenvalue weighted by atomic mass is 16.6. The van der Waals surface area contributed by atoms with E-state index < -0.39 is 0 Å². The molecule has 0 aliphatic carbocycles. The van der Waals surface area contributed by atoms with Crippen molar-refractivity contribution in [3.05, 3.63) is 0 Å². The fraction of sp³-hybridized carbons (Fsp3) is 0.889. The Morgan fingerprint density at radius 2 is 1.62 bits per heavy atom. The van der Waals surface area contributed by atoms with Gasteiger partial charge in [0.25, 0.3) is 0 Å². The molecule has 0 spiro atoms. The van der Waals surface area contributed by atoms with E-state index in [-0.39, 0.29) is 6.61 Å². The Hall–Kier alpha value is -0.610. The summed E-state index contributed by atoms with van der Waals surface area (Å²) in [6.45, 7) is 6.05. The molecule has 77 valence electrons. The molecular weight excluding hydrogens is 172 g/mol. The highest BCUT2D eigenvalue weighted by Gasteiger charge is 1.90. The molecule has 4 heteroatoms. The van der Waals surface area contributed by atoms with Crippen LogP contribution in [0.15, 0.2) is 0 Å². The molecule has 0 unspecified atom stereocenters. The van der Waals surface area contributed by atoms with Crippen molar-refractivity contribution in [1.29, 1.82) is 0 Å². The minimum Gasteiger partial charge on any atom is -0.455 e. The molecule has 1 radical (unpaired) electrons. The molecule has 0 N–H and O–H groups in total. The first-order valence-electron chi connectivity index (χ1n) is 4.56. The molecule has 0 bridgehead atoms. The van der Waals surface area contributed by atoms with E-state index in [0.29, 0.717) is 19.8 Å². The molecule has 0 aromatic heterocycles. The molecule has 0 saturated heterocycles. The van der Waals surface area contributed by atoms with Gasteiger partial charge in [0.2, 0.25) is 0 Å². The Morgan fingerprint density at radius 1 is 1.00 bits per heavy atom. The molecule has 13 heavy (non-hydrogen) atoms. The van der Waals surface area contributed by atoms with Crippen LogP contribution in [0.1, 0.15) is 19.8 Å². The van der Waals surface area contributed by atoms with E-state index in [2.05, 4.69) is 11.7 Å². The number of hydrogen-bond donors (Lipinski definition) is 0. The summed E-state index contributed by atoms with van der Waals surface area (Å²) in [5, 5.41) is 0. The van der Waals surface area contributed by atoms with Crippen molar-refractivity contribution in [1.82, 2.24) is 0 Å². The molecule has 0 heterocycles. The van der Waals surface area contributed by atoms with Crippen molar-refractivity contribution < 1.29 is 19.0 Å². The summed E-state index contributed by atoms with van der Waals surface area (Å²) < 4.78 is 14.6. The summed E-state index contributed by atoms with van der Waals surface area (Å²) in [6.07, 6.45) is 2.23. The Morgan fingerprint density at radius 3 is 2.23 bits per heavy atom. The zero-order chi connectivity index (χ0) is 9.78. The van der Waals surface area contributed by atoms with Crippen molar-refractivity contribution in [2.75, 3.05) is 33.0 Å². The van der Waals surface area contributed by atoms with E-state index in [1.54, 1.807) is 0 Å². The Balaban J connectivity index is 2.79. The molecule has 0 aliphatic heterocycles. The van der Waals surface area contributed by atoms with Crippen LogP contribution in [0.5, 0.6) is 0 Å². The van der Waals surface area contributed by atoms with Crippen molar-refractivity contribution in [3.63, 3.8) is 0 Å². The van der Waals surface area contributed by atoms with Gasteiger partial charge in [-0.05, 0) is 6.42 Å². The minimum atomic E-state index is 0.262. The summed E-state index contributed by atoms with van der Waals surface area (Å²) in [5.41, 5.74) is 0. The lowest BCUT2D eigenvalue weighted by Gasteiger charge is -2.03. The van der Waals surface area contributed by atoms with Gasteiger partial charge in [-0.3, -0.25) is 0 Å². The van der Waals surface area contributed by atoms with E-state index in [0.717, 1.165) is 19.4 Å². The molecule has 0 amide bonds. The van der Waals surface area contributed by atoms with Gasteiger partial charge in [-0.1, -0.05) is 13.3 Å². The quantitative estimate of drug-likeness (QED) is 0.479. The summed E-state index contributed by atoms with van der Waals surface area (Å²) in [7, 11) is 0. The lowest BCUT2D eigenvalue weighted by Crippen LogP contribution is -2.09. The smallest absolute Gasteiger partial charge is 0.417 e. The van der Waals surface area contributed by atoms with Crippen molar-refractivity contribution in [2.45, 2.75) is 19.8 Å². The maximum Gasteiger partial charge on any atom is 0.417 e. The van der Waals surface area contributed by atoms with E-state index in [4.69, 9.17) is 9.47 Å². The Bertz CT molecular complexity index is 106. The molecule has 0 aliphatic rings. The number of ether oxygens (including phenoxy) is 3. The number of carbonyl (C=O) groups excluding carboxylic acids is 1. The summed E-state index contributed by atoms with van der Waals surface area (Å²) in [4.78, 5) is 9.58. The predicted molar refractivity (Wildman–Crippen MR) is 48.2 cm³/mol. The zero-order valence-electron chi connectivity index (χ0n) is 8.08. The second-order valence-corrected chi connectivity index (χ2v) is 2.51. The fourth-order valence-electron chi connectivity index (χ4n) is 0.711. The lowest BCUT2D eigenvalue weighted by atomic mass is 10.4. The van der Waals surface area contributed by atoms with Gasteiger partial charge >= 0.3 is 6.47 Å². The summed E-state index contributed by atoms with van der Waals surface area (Å²) >= 11 is 0. The third kappa shape index (κ3) is 11.4. The van der Waals surface area contributed by atoms with Crippen LogP contribution < -0.4 is 0 Å². The Kier molecular flexibility index (Phi) is 10.9. The van der Waals surface area contributed by atoms with Crippen LogP contribution in [0.2, 0.25) is 0 Å². The molecule has 0 saturated carbocycles. The lowest BCUT2D eigenvalue weighted by molar-refractivity contribution is 0.0337. The second-order valence-electron chi connectivity index (χ2n) is 2.51. The zero-order valence-corrected chi connectivity index (χ0v) is 8.08. The number of unbranched alkanes of at least 4 members (excludes halogenated alkanes) is 1. The van der Waals surface area contributed by atoms with Gasteiger partial charge < -0.3 is 14.2 Å². The Labute approximate surface area is 79.2 Å². The van der Waals surface area contributed by atoms with Crippen molar-refractivity contribution in [3.8, 4) is 0 Å². The second kappa shape index (κ2) is 11.4. The number of hydrogen-bond acceptors (Lipinski definition) is 4. The molecule has 0 fully saturated rings. The first-order chi connectivity index (χ1) is 6.41. The molecule has 0 aromatic rings.